The number of hydrogen-bond donors (Lipinski definition) is 1. The maximum absolute atomic E-state index is 13.3. The van der Waals surface area contributed by atoms with Crippen molar-refractivity contribution in [2.24, 2.45) is 0 Å². The molecule has 2 aromatic rings. The van der Waals surface area contributed by atoms with Crippen LogP contribution in [-0.4, -0.2) is 38.8 Å². The molecule has 1 unspecified atom stereocenters. The fraction of sp³-hybridized carbons (Fsp3) is 0.435. The van der Waals surface area contributed by atoms with Crippen molar-refractivity contribution in [3.8, 4) is 0 Å². The molecule has 0 amide bonds. The third-order valence-corrected chi connectivity index (χ3v) is 4.80. The molecule has 0 heterocycles. The number of carbonyl (C=O) groups excluding carboxylic acids is 1. The lowest BCUT2D eigenvalue weighted by Crippen LogP contribution is -3.12. The van der Waals surface area contributed by atoms with Gasteiger partial charge in [-0.1, -0.05) is 67.6 Å². The minimum Gasteiger partial charge on any atom is -0.457 e. The van der Waals surface area contributed by atoms with Gasteiger partial charge < -0.3 is 14.4 Å². The van der Waals surface area contributed by atoms with E-state index in [4.69, 9.17) is 9.47 Å². The zero-order valence-corrected chi connectivity index (χ0v) is 18.0. The van der Waals surface area contributed by atoms with Crippen LogP contribution in [0.4, 0.5) is 0 Å². The van der Waals surface area contributed by atoms with E-state index in [2.05, 4.69) is 13.8 Å². The largest absolute Gasteiger partial charge is 0.457 e. The average molecular weight is 407 g/mol. The van der Waals surface area contributed by atoms with Crippen molar-refractivity contribution in [2.45, 2.75) is 32.8 Å². The van der Waals surface area contributed by atoms with E-state index in [0.717, 1.165) is 37.2 Å². The van der Waals surface area contributed by atoms with Crippen LogP contribution in [-0.2, 0) is 19.9 Å². The van der Waals surface area contributed by atoms with Gasteiger partial charge in [0.05, 0.1) is 13.1 Å². The Kier molecular flexibility index (Phi) is 10.8. The summed E-state index contributed by atoms with van der Waals surface area (Å²) in [6.07, 6.45) is 1.12. The Hall–Kier alpha value is -1.88. The second-order valence-corrected chi connectivity index (χ2v) is 6.59. The van der Waals surface area contributed by atoms with Crippen LogP contribution in [0.25, 0.3) is 0 Å². The zero-order chi connectivity index (χ0) is 19.5. The van der Waals surface area contributed by atoms with Crippen LogP contribution in [0.3, 0.4) is 0 Å². The number of benzene rings is 2. The van der Waals surface area contributed by atoms with Gasteiger partial charge in [0.2, 0.25) is 5.60 Å². The first-order valence-corrected chi connectivity index (χ1v) is 9.94. The van der Waals surface area contributed by atoms with Gasteiger partial charge in [-0.15, -0.1) is 12.4 Å². The van der Waals surface area contributed by atoms with Gasteiger partial charge in [0, 0.05) is 6.61 Å². The van der Waals surface area contributed by atoms with E-state index < -0.39 is 5.60 Å². The second kappa shape index (κ2) is 12.6. The first-order chi connectivity index (χ1) is 13.2. The summed E-state index contributed by atoms with van der Waals surface area (Å²) < 4.78 is 11.9. The van der Waals surface area contributed by atoms with Crippen molar-refractivity contribution in [2.75, 3.05) is 32.8 Å². The molecule has 2 aromatic carbocycles. The van der Waals surface area contributed by atoms with Crippen LogP contribution in [0.5, 0.6) is 0 Å². The lowest BCUT2D eigenvalue weighted by Gasteiger charge is -2.32. The van der Waals surface area contributed by atoms with Gasteiger partial charge >= 0.3 is 5.97 Å². The van der Waals surface area contributed by atoms with Gasteiger partial charge in [-0.05, 0) is 31.4 Å². The third-order valence-electron chi connectivity index (χ3n) is 4.80. The minimum atomic E-state index is -1.24. The molecule has 1 N–H and O–H groups in total. The van der Waals surface area contributed by atoms with Gasteiger partial charge in [0.1, 0.15) is 13.2 Å². The maximum Gasteiger partial charge on any atom is 0.348 e. The Morgan fingerprint density at radius 2 is 1.43 bits per heavy atom. The van der Waals surface area contributed by atoms with Crippen molar-refractivity contribution in [1.82, 2.24) is 0 Å². The number of quaternary nitrogens is 1. The molecule has 0 aromatic heterocycles. The quantitative estimate of drug-likeness (QED) is 0.582. The van der Waals surface area contributed by atoms with Gasteiger partial charge in [-0.25, -0.2) is 4.79 Å². The van der Waals surface area contributed by atoms with Crippen LogP contribution >= 0.6 is 12.4 Å². The molecule has 0 radical (unpaired) electrons. The molecule has 0 aliphatic carbocycles. The lowest BCUT2D eigenvalue weighted by molar-refractivity contribution is -0.898. The summed E-state index contributed by atoms with van der Waals surface area (Å²) in [6, 6.07) is 19.2. The predicted molar refractivity (Wildman–Crippen MR) is 115 cm³/mol. The molecule has 0 bridgehead atoms. The highest BCUT2D eigenvalue weighted by molar-refractivity contribution is 5.86. The van der Waals surface area contributed by atoms with Crippen LogP contribution in [0.1, 0.15) is 38.3 Å². The fourth-order valence-corrected chi connectivity index (χ4v) is 3.41. The Balaban J connectivity index is 0.00000392. The Labute approximate surface area is 175 Å². The number of likely N-dealkylation sites (N-methyl/N-ethyl adjacent to an activating group) is 1. The fourth-order valence-electron chi connectivity index (χ4n) is 3.41. The van der Waals surface area contributed by atoms with Crippen molar-refractivity contribution in [1.29, 1.82) is 0 Å². The zero-order valence-electron chi connectivity index (χ0n) is 17.1. The maximum atomic E-state index is 13.3. The second-order valence-electron chi connectivity index (χ2n) is 6.59. The minimum absolute atomic E-state index is 0. The highest BCUT2D eigenvalue weighted by atomic mass is 35.5. The van der Waals surface area contributed by atoms with Crippen molar-refractivity contribution in [3.05, 3.63) is 71.8 Å². The predicted octanol–water partition coefficient (Wildman–Crippen LogP) is 3.25. The van der Waals surface area contributed by atoms with Gasteiger partial charge in [0.25, 0.3) is 0 Å². The van der Waals surface area contributed by atoms with E-state index in [1.807, 2.05) is 67.6 Å². The van der Waals surface area contributed by atoms with Crippen molar-refractivity contribution in [3.63, 3.8) is 0 Å². The van der Waals surface area contributed by atoms with Gasteiger partial charge in [-0.2, -0.15) is 0 Å². The van der Waals surface area contributed by atoms with E-state index in [1.54, 1.807) is 0 Å². The first-order valence-electron chi connectivity index (χ1n) is 9.94. The van der Waals surface area contributed by atoms with Gasteiger partial charge in [0.15, 0.2) is 0 Å². The first kappa shape index (κ1) is 24.2. The van der Waals surface area contributed by atoms with Crippen LogP contribution in [0.2, 0.25) is 0 Å². The molecular formula is C23H33ClNO3+. The van der Waals surface area contributed by atoms with E-state index >= 15 is 0 Å². The molecule has 5 heteroatoms. The highest BCUT2D eigenvalue weighted by Crippen LogP contribution is 2.35. The molecule has 0 aliphatic rings. The summed E-state index contributed by atoms with van der Waals surface area (Å²) in [5.74, 6) is -0.353. The van der Waals surface area contributed by atoms with E-state index in [1.165, 1.54) is 4.90 Å². The average Bonchev–Trinajstić information content (AvgIpc) is 2.72. The molecule has 0 aliphatic heterocycles. The Bertz CT molecular complexity index is 639. The normalized spacial score (nSPS) is 12.1. The van der Waals surface area contributed by atoms with Crippen molar-refractivity contribution < 1.29 is 19.2 Å². The molecule has 0 saturated heterocycles. The smallest absolute Gasteiger partial charge is 0.348 e. The molecular weight excluding hydrogens is 374 g/mol. The summed E-state index contributed by atoms with van der Waals surface area (Å²) in [5, 5.41) is 0. The van der Waals surface area contributed by atoms with E-state index in [-0.39, 0.29) is 18.4 Å². The number of esters is 1. The highest BCUT2D eigenvalue weighted by Gasteiger charge is 2.44. The molecule has 0 spiro atoms. The Morgan fingerprint density at radius 3 is 1.86 bits per heavy atom. The summed E-state index contributed by atoms with van der Waals surface area (Å²) in [6.45, 7) is 9.94. The number of carbonyl (C=O) groups is 1. The van der Waals surface area contributed by atoms with Crippen LogP contribution in [0, 0.1) is 0 Å². The molecule has 2 rings (SSSR count). The number of rotatable bonds is 11. The summed E-state index contributed by atoms with van der Waals surface area (Å²) >= 11 is 0. The SMILES string of the molecule is CCC[NH+](CC)CCOC(=O)C(OCC)(c1ccccc1)c1ccccc1.Cl. The monoisotopic (exact) mass is 406 g/mol. The number of hydrogen-bond acceptors (Lipinski definition) is 3. The number of ether oxygens (including phenoxy) is 2. The van der Waals surface area contributed by atoms with Crippen LogP contribution < -0.4 is 4.90 Å². The third kappa shape index (κ3) is 5.81. The summed E-state index contributed by atoms with van der Waals surface area (Å²) in [7, 11) is 0. The lowest BCUT2D eigenvalue weighted by atomic mass is 9.86. The standard InChI is InChI=1S/C23H31NO3.ClH/c1-4-17-24(5-2)18-19-26-22(25)23(27-6-3,20-13-9-7-10-14-20)21-15-11-8-12-16-21;/h7-16H,4-6,17-19H2,1-3H3;1H/p+1. The molecule has 0 fully saturated rings. The Morgan fingerprint density at radius 1 is 0.893 bits per heavy atom. The number of halogens is 1. The summed E-state index contributed by atoms with van der Waals surface area (Å²) in [5.41, 5.74) is 0.335. The molecule has 0 saturated carbocycles. The molecule has 28 heavy (non-hydrogen) atoms. The van der Waals surface area contributed by atoms with Crippen molar-refractivity contribution >= 4 is 18.4 Å². The molecule has 1 atom stereocenters. The summed E-state index contributed by atoms with van der Waals surface area (Å²) in [4.78, 5) is 14.8. The van der Waals surface area contributed by atoms with E-state index in [0.29, 0.717) is 13.2 Å². The van der Waals surface area contributed by atoms with Gasteiger partial charge in [-0.3, -0.25) is 0 Å². The van der Waals surface area contributed by atoms with Crippen LogP contribution in [0.15, 0.2) is 60.7 Å². The molecule has 4 nitrogen and oxygen atoms in total. The molecule has 154 valence electrons. The topological polar surface area (TPSA) is 40.0 Å². The van der Waals surface area contributed by atoms with E-state index in [9.17, 15) is 4.79 Å². The number of nitrogens with one attached hydrogen (secondary N) is 1.